The van der Waals surface area contributed by atoms with E-state index in [0.717, 1.165) is 16.7 Å². The van der Waals surface area contributed by atoms with Gasteiger partial charge < -0.3 is 13.8 Å². The molecule has 4 heterocycles. The molecule has 9 heteroatoms. The van der Waals surface area contributed by atoms with Gasteiger partial charge in [0.05, 0.1) is 22.4 Å². The molecule has 1 aromatic carbocycles. The van der Waals surface area contributed by atoms with E-state index in [0.29, 0.717) is 22.4 Å². The van der Waals surface area contributed by atoms with E-state index in [4.69, 9.17) is 25.4 Å². The summed E-state index contributed by atoms with van der Waals surface area (Å²) in [5.74, 6) is 0.859. The van der Waals surface area contributed by atoms with Crippen LogP contribution in [0.2, 0.25) is 5.02 Å². The Morgan fingerprint density at radius 3 is 2.37 bits per heavy atom. The average Bonchev–Trinajstić information content (AvgIpc) is 3.38. The normalized spacial score (nSPS) is 17.7. The second-order valence-electron chi connectivity index (χ2n) is 8.35. The number of pyridine rings is 1. The fraction of sp³-hybridized carbons (Fsp3) is 0.286. The molecule has 0 spiro atoms. The van der Waals surface area contributed by atoms with Gasteiger partial charge in [0.15, 0.2) is 0 Å². The van der Waals surface area contributed by atoms with Gasteiger partial charge in [-0.25, -0.2) is 4.98 Å². The summed E-state index contributed by atoms with van der Waals surface area (Å²) in [5.41, 5.74) is 2.45. The summed E-state index contributed by atoms with van der Waals surface area (Å²) in [6.45, 7) is 8.15. The van der Waals surface area contributed by atoms with E-state index in [1.807, 2.05) is 62.4 Å². The molecule has 0 aliphatic carbocycles. The van der Waals surface area contributed by atoms with E-state index in [1.165, 1.54) is 0 Å². The molecule has 0 saturated carbocycles. The third-order valence-electron chi connectivity index (χ3n) is 5.81. The number of imidazole rings is 1. The third-order valence-corrected chi connectivity index (χ3v) is 6.03. The number of benzene rings is 1. The van der Waals surface area contributed by atoms with Gasteiger partial charge in [-0.2, -0.15) is 4.98 Å². The molecule has 0 bridgehead atoms. The van der Waals surface area contributed by atoms with Crippen molar-refractivity contribution in [2.75, 3.05) is 0 Å². The van der Waals surface area contributed by atoms with Crippen molar-refractivity contribution in [2.24, 2.45) is 0 Å². The average molecular weight is 423 g/mol. The molecule has 5 rings (SSSR count). The maximum Gasteiger partial charge on any atom is 0.494 e. The molecule has 4 aromatic rings. The lowest BCUT2D eigenvalue weighted by atomic mass is 9.79. The van der Waals surface area contributed by atoms with Crippen LogP contribution in [0.5, 0.6) is 0 Å². The molecule has 3 aromatic heterocycles. The van der Waals surface area contributed by atoms with Gasteiger partial charge in [-0.3, -0.25) is 4.40 Å². The van der Waals surface area contributed by atoms with E-state index < -0.39 is 7.12 Å². The molecule has 30 heavy (non-hydrogen) atoms. The van der Waals surface area contributed by atoms with Gasteiger partial charge in [0.2, 0.25) is 5.82 Å². The first-order chi connectivity index (χ1) is 14.2. The molecular weight excluding hydrogens is 403 g/mol. The summed E-state index contributed by atoms with van der Waals surface area (Å²) in [7, 11) is -0.409. The second-order valence-corrected chi connectivity index (χ2v) is 8.79. The first-order valence-corrected chi connectivity index (χ1v) is 10.0. The van der Waals surface area contributed by atoms with Crippen LogP contribution in [0.4, 0.5) is 0 Å². The standard InChI is InChI=1S/C21H20BClN4O3/c1-20(2)21(3,4)30-22(29-20)14-7-5-13(6-8-14)18-25-19(28-26-18)16-11-24-17-10-9-15(23)12-27(16)17/h5-12H,1-4H3. The van der Waals surface area contributed by atoms with E-state index in [9.17, 15) is 0 Å². The van der Waals surface area contributed by atoms with Crippen molar-refractivity contribution in [1.82, 2.24) is 19.5 Å². The number of hydrogen-bond acceptors (Lipinski definition) is 6. The Morgan fingerprint density at radius 2 is 1.67 bits per heavy atom. The van der Waals surface area contributed by atoms with E-state index >= 15 is 0 Å². The SMILES string of the molecule is CC1(C)OB(c2ccc(-c3noc(-c4cnc5ccc(Cl)cn45)n3)cc2)OC1(C)C. The van der Waals surface area contributed by atoms with Gasteiger partial charge in [0.1, 0.15) is 11.3 Å². The first kappa shape index (κ1) is 19.3. The Kier molecular flexibility index (Phi) is 4.29. The zero-order valence-corrected chi connectivity index (χ0v) is 17.8. The summed E-state index contributed by atoms with van der Waals surface area (Å²) in [5, 5.41) is 4.72. The van der Waals surface area contributed by atoms with Crippen molar-refractivity contribution >= 4 is 29.8 Å². The van der Waals surface area contributed by atoms with Crippen molar-refractivity contribution in [3.05, 3.63) is 53.8 Å². The van der Waals surface area contributed by atoms with Gasteiger partial charge >= 0.3 is 7.12 Å². The highest BCUT2D eigenvalue weighted by molar-refractivity contribution is 6.62. The van der Waals surface area contributed by atoms with Gasteiger partial charge in [-0.15, -0.1) is 0 Å². The quantitative estimate of drug-likeness (QED) is 0.465. The van der Waals surface area contributed by atoms with Crippen LogP contribution in [0.3, 0.4) is 0 Å². The van der Waals surface area contributed by atoms with E-state index in [-0.39, 0.29) is 11.2 Å². The Balaban J connectivity index is 1.41. The highest BCUT2D eigenvalue weighted by Gasteiger charge is 2.51. The Morgan fingerprint density at radius 1 is 0.967 bits per heavy atom. The highest BCUT2D eigenvalue weighted by atomic mass is 35.5. The third kappa shape index (κ3) is 3.12. The molecule has 152 valence electrons. The second kappa shape index (κ2) is 6.67. The molecule has 0 amide bonds. The van der Waals surface area contributed by atoms with Crippen LogP contribution in [-0.2, 0) is 9.31 Å². The van der Waals surface area contributed by atoms with Gasteiger partial charge in [0, 0.05) is 11.8 Å². The molecule has 1 aliphatic rings. The lowest BCUT2D eigenvalue weighted by Crippen LogP contribution is -2.41. The molecule has 1 saturated heterocycles. The van der Waals surface area contributed by atoms with Gasteiger partial charge in [-0.05, 0) is 45.3 Å². The zero-order valence-electron chi connectivity index (χ0n) is 17.1. The Labute approximate surface area is 179 Å². The van der Waals surface area contributed by atoms with E-state index in [1.54, 1.807) is 18.5 Å². The maximum atomic E-state index is 6.11. The predicted molar refractivity (Wildman–Crippen MR) is 115 cm³/mol. The maximum absolute atomic E-state index is 6.11. The summed E-state index contributed by atoms with van der Waals surface area (Å²) >= 11 is 6.10. The lowest BCUT2D eigenvalue weighted by molar-refractivity contribution is 0.00578. The molecule has 0 N–H and O–H groups in total. The smallest absolute Gasteiger partial charge is 0.399 e. The number of rotatable bonds is 3. The lowest BCUT2D eigenvalue weighted by Gasteiger charge is -2.32. The van der Waals surface area contributed by atoms with Crippen LogP contribution in [-0.4, -0.2) is 37.8 Å². The molecule has 0 radical (unpaired) electrons. The van der Waals surface area contributed by atoms with Gasteiger partial charge in [0.25, 0.3) is 5.89 Å². The molecule has 0 atom stereocenters. The van der Waals surface area contributed by atoms with Crippen LogP contribution in [0.15, 0.2) is 53.3 Å². The Bertz CT molecular complexity index is 1220. The van der Waals surface area contributed by atoms with Crippen LogP contribution in [0, 0.1) is 0 Å². The molecule has 1 aliphatic heterocycles. The minimum Gasteiger partial charge on any atom is -0.399 e. The van der Waals surface area contributed by atoms with Crippen molar-refractivity contribution in [3.8, 4) is 23.0 Å². The first-order valence-electron chi connectivity index (χ1n) is 9.66. The minimum atomic E-state index is -0.409. The zero-order chi connectivity index (χ0) is 21.1. The number of aromatic nitrogens is 4. The highest BCUT2D eigenvalue weighted by Crippen LogP contribution is 2.36. The molecular formula is C21H20BClN4O3. The van der Waals surface area contributed by atoms with E-state index in [2.05, 4.69) is 15.1 Å². The Hall–Kier alpha value is -2.68. The fourth-order valence-corrected chi connectivity index (χ4v) is 3.49. The van der Waals surface area contributed by atoms with Crippen LogP contribution >= 0.6 is 11.6 Å². The number of fused-ring (bicyclic) bond motifs is 1. The summed E-state index contributed by atoms with van der Waals surface area (Å²) in [4.78, 5) is 8.88. The fourth-order valence-electron chi connectivity index (χ4n) is 3.33. The number of nitrogens with zero attached hydrogens (tertiary/aromatic N) is 4. The predicted octanol–water partition coefficient (Wildman–Crippen LogP) is 4.00. The van der Waals surface area contributed by atoms with Crippen LogP contribution < -0.4 is 5.46 Å². The summed E-state index contributed by atoms with van der Waals surface area (Å²) in [6.07, 6.45) is 3.45. The molecule has 0 unspecified atom stereocenters. The van der Waals surface area contributed by atoms with Crippen molar-refractivity contribution in [1.29, 1.82) is 0 Å². The minimum absolute atomic E-state index is 0.370. The van der Waals surface area contributed by atoms with Crippen molar-refractivity contribution in [3.63, 3.8) is 0 Å². The van der Waals surface area contributed by atoms with Crippen LogP contribution in [0.1, 0.15) is 27.7 Å². The number of hydrogen-bond donors (Lipinski definition) is 0. The molecule has 7 nitrogen and oxygen atoms in total. The van der Waals surface area contributed by atoms with Crippen LogP contribution in [0.25, 0.3) is 28.6 Å². The number of halogens is 1. The summed E-state index contributed by atoms with van der Waals surface area (Å²) < 4.78 is 19.5. The topological polar surface area (TPSA) is 74.7 Å². The largest absolute Gasteiger partial charge is 0.494 e. The monoisotopic (exact) mass is 422 g/mol. The van der Waals surface area contributed by atoms with Gasteiger partial charge in [-0.1, -0.05) is 41.0 Å². The molecule has 1 fully saturated rings. The van der Waals surface area contributed by atoms with Crippen molar-refractivity contribution < 1.29 is 13.8 Å². The summed E-state index contributed by atoms with van der Waals surface area (Å²) in [6, 6.07) is 11.4. The van der Waals surface area contributed by atoms with Crippen molar-refractivity contribution in [2.45, 2.75) is 38.9 Å².